The summed E-state index contributed by atoms with van der Waals surface area (Å²) < 4.78 is 12.1. The van der Waals surface area contributed by atoms with Crippen LogP contribution in [-0.4, -0.2) is 18.2 Å². The third-order valence-electron chi connectivity index (χ3n) is 2.63. The second-order valence-corrected chi connectivity index (χ2v) is 5.95. The maximum atomic E-state index is 5.80. The van der Waals surface area contributed by atoms with Crippen molar-refractivity contribution in [1.82, 2.24) is 0 Å². The quantitative estimate of drug-likeness (QED) is 0.597. The summed E-state index contributed by atoms with van der Waals surface area (Å²) in [5.74, 6) is 1.39. The molecule has 0 heterocycles. The highest BCUT2D eigenvalue weighted by molar-refractivity contribution is 9.10. The molecule has 2 aromatic rings. The first-order chi connectivity index (χ1) is 10.1. The molecule has 2 N–H and O–H groups in total. The largest absolute Gasteiger partial charge is 0.490 e. The number of benzene rings is 2. The lowest BCUT2D eigenvalue weighted by Gasteiger charge is -2.12. The van der Waals surface area contributed by atoms with E-state index in [2.05, 4.69) is 15.9 Å². The molecule has 110 valence electrons. The Kier molecular flexibility index (Phi) is 5.85. The summed E-state index contributed by atoms with van der Waals surface area (Å²) in [5.41, 5.74) is 6.38. The standard InChI is InChI=1S/C15H13BrClNO2S/c16-10-1-6-14(13(9-10)15(18)21)20-8-7-19-12-4-2-11(17)3-5-12/h1-6,9H,7-8H2,(H2,18,21). The monoisotopic (exact) mass is 385 g/mol. The minimum atomic E-state index is 0.296. The lowest BCUT2D eigenvalue weighted by atomic mass is 10.2. The van der Waals surface area contributed by atoms with Crippen LogP contribution in [0.15, 0.2) is 46.9 Å². The topological polar surface area (TPSA) is 44.5 Å². The van der Waals surface area contributed by atoms with Gasteiger partial charge in [-0.3, -0.25) is 0 Å². The van der Waals surface area contributed by atoms with E-state index in [1.807, 2.05) is 30.3 Å². The van der Waals surface area contributed by atoms with Gasteiger partial charge in [-0.05, 0) is 42.5 Å². The molecule has 2 rings (SSSR count). The van der Waals surface area contributed by atoms with E-state index in [-0.39, 0.29) is 0 Å². The molecule has 21 heavy (non-hydrogen) atoms. The summed E-state index contributed by atoms with van der Waals surface area (Å²) in [6.45, 7) is 0.800. The molecule has 0 aromatic heterocycles. The number of hydrogen-bond donors (Lipinski definition) is 1. The van der Waals surface area contributed by atoms with E-state index >= 15 is 0 Å². The van der Waals surface area contributed by atoms with E-state index in [0.717, 1.165) is 10.2 Å². The fraction of sp³-hybridized carbons (Fsp3) is 0.133. The van der Waals surface area contributed by atoms with Gasteiger partial charge in [-0.15, -0.1) is 0 Å². The van der Waals surface area contributed by atoms with Crippen molar-refractivity contribution in [3.63, 3.8) is 0 Å². The lowest BCUT2D eigenvalue weighted by Crippen LogP contribution is -2.14. The van der Waals surface area contributed by atoms with E-state index in [1.165, 1.54) is 0 Å². The van der Waals surface area contributed by atoms with Gasteiger partial charge in [0.1, 0.15) is 29.7 Å². The van der Waals surface area contributed by atoms with Crippen LogP contribution in [0, 0.1) is 0 Å². The first kappa shape index (κ1) is 16.1. The van der Waals surface area contributed by atoms with Gasteiger partial charge in [0.15, 0.2) is 0 Å². The Hall–Kier alpha value is -1.30. The van der Waals surface area contributed by atoms with Crippen molar-refractivity contribution in [2.24, 2.45) is 5.73 Å². The van der Waals surface area contributed by atoms with Crippen molar-refractivity contribution < 1.29 is 9.47 Å². The van der Waals surface area contributed by atoms with Crippen molar-refractivity contribution in [3.05, 3.63) is 57.5 Å². The van der Waals surface area contributed by atoms with Crippen molar-refractivity contribution in [2.75, 3.05) is 13.2 Å². The summed E-state index contributed by atoms with van der Waals surface area (Å²) in [6, 6.07) is 12.7. The second-order valence-electron chi connectivity index (χ2n) is 4.16. The predicted octanol–water partition coefficient (Wildman–Crippen LogP) is 4.19. The molecule has 0 unspecified atom stereocenters. The fourth-order valence-corrected chi connectivity index (χ4v) is 2.31. The minimum absolute atomic E-state index is 0.296. The van der Waals surface area contributed by atoms with Crippen molar-refractivity contribution in [3.8, 4) is 11.5 Å². The normalized spacial score (nSPS) is 10.2. The number of halogens is 2. The predicted molar refractivity (Wildman–Crippen MR) is 92.5 cm³/mol. The van der Waals surface area contributed by atoms with Crippen LogP contribution >= 0.6 is 39.7 Å². The number of hydrogen-bond acceptors (Lipinski definition) is 3. The zero-order valence-corrected chi connectivity index (χ0v) is 14.2. The molecule has 0 atom stereocenters. The van der Waals surface area contributed by atoms with Crippen LogP contribution in [0.5, 0.6) is 11.5 Å². The molecule has 0 aliphatic carbocycles. The van der Waals surface area contributed by atoms with Gasteiger partial charge < -0.3 is 15.2 Å². The van der Waals surface area contributed by atoms with Crippen LogP contribution in [0.4, 0.5) is 0 Å². The molecule has 0 radical (unpaired) electrons. The van der Waals surface area contributed by atoms with Crippen molar-refractivity contribution in [1.29, 1.82) is 0 Å². The molecule has 0 amide bonds. The molecule has 0 bridgehead atoms. The smallest absolute Gasteiger partial charge is 0.129 e. The SMILES string of the molecule is NC(=S)c1cc(Br)ccc1OCCOc1ccc(Cl)cc1. The average molecular weight is 387 g/mol. The Balaban J connectivity index is 1.89. The zero-order valence-electron chi connectivity index (χ0n) is 11.0. The summed E-state index contributed by atoms with van der Waals surface area (Å²) in [4.78, 5) is 0.296. The van der Waals surface area contributed by atoms with Crippen LogP contribution in [0.2, 0.25) is 5.02 Å². The van der Waals surface area contributed by atoms with Crippen molar-refractivity contribution >= 4 is 44.7 Å². The molecule has 0 spiro atoms. The molecular formula is C15H13BrClNO2S. The molecule has 0 aliphatic heterocycles. The fourth-order valence-electron chi connectivity index (χ4n) is 1.66. The number of thiocarbonyl (C=S) groups is 1. The van der Waals surface area contributed by atoms with Crippen molar-refractivity contribution in [2.45, 2.75) is 0 Å². The van der Waals surface area contributed by atoms with Crippen LogP contribution in [0.1, 0.15) is 5.56 Å². The first-order valence-electron chi connectivity index (χ1n) is 6.17. The highest BCUT2D eigenvalue weighted by Gasteiger charge is 2.07. The van der Waals surface area contributed by atoms with Crippen LogP contribution < -0.4 is 15.2 Å². The Morgan fingerprint density at radius 1 is 1.10 bits per heavy atom. The van der Waals surface area contributed by atoms with Gasteiger partial charge in [0, 0.05) is 9.50 Å². The van der Waals surface area contributed by atoms with E-state index < -0.39 is 0 Å². The van der Waals surface area contributed by atoms with E-state index in [0.29, 0.717) is 34.5 Å². The maximum Gasteiger partial charge on any atom is 0.129 e. The average Bonchev–Trinajstić information content (AvgIpc) is 2.46. The van der Waals surface area contributed by atoms with Crippen LogP contribution in [0.3, 0.4) is 0 Å². The Morgan fingerprint density at radius 3 is 2.43 bits per heavy atom. The molecular weight excluding hydrogens is 374 g/mol. The summed E-state index contributed by atoms with van der Waals surface area (Å²) in [5, 5.41) is 0.676. The molecule has 3 nitrogen and oxygen atoms in total. The third-order valence-corrected chi connectivity index (χ3v) is 3.60. The van der Waals surface area contributed by atoms with Gasteiger partial charge in [0.05, 0.1) is 5.56 Å². The first-order valence-corrected chi connectivity index (χ1v) is 7.74. The van der Waals surface area contributed by atoms with Gasteiger partial charge in [0.25, 0.3) is 0 Å². The summed E-state index contributed by atoms with van der Waals surface area (Å²) in [7, 11) is 0. The molecule has 6 heteroatoms. The Labute approximate surface area is 142 Å². The lowest BCUT2D eigenvalue weighted by molar-refractivity contribution is 0.217. The van der Waals surface area contributed by atoms with Gasteiger partial charge in [-0.25, -0.2) is 0 Å². The highest BCUT2D eigenvalue weighted by atomic mass is 79.9. The molecule has 0 fully saturated rings. The summed E-state index contributed by atoms with van der Waals surface area (Å²) >= 11 is 14.2. The van der Waals surface area contributed by atoms with E-state index in [1.54, 1.807) is 12.1 Å². The summed E-state index contributed by atoms with van der Waals surface area (Å²) in [6.07, 6.45) is 0. The number of nitrogens with two attached hydrogens (primary N) is 1. The number of rotatable bonds is 6. The van der Waals surface area contributed by atoms with Gasteiger partial charge in [-0.1, -0.05) is 39.7 Å². The van der Waals surface area contributed by atoms with E-state index in [9.17, 15) is 0 Å². The highest BCUT2D eigenvalue weighted by Crippen LogP contribution is 2.23. The van der Waals surface area contributed by atoms with E-state index in [4.69, 9.17) is 39.0 Å². The number of ether oxygens (including phenoxy) is 2. The molecule has 0 saturated carbocycles. The Bertz CT molecular complexity index is 634. The molecule has 0 saturated heterocycles. The second kappa shape index (κ2) is 7.64. The van der Waals surface area contributed by atoms with Gasteiger partial charge in [0.2, 0.25) is 0 Å². The van der Waals surface area contributed by atoms with Crippen LogP contribution in [0.25, 0.3) is 0 Å². The third kappa shape index (κ3) is 4.88. The molecule has 0 aliphatic rings. The minimum Gasteiger partial charge on any atom is -0.490 e. The van der Waals surface area contributed by atoms with Gasteiger partial charge >= 0.3 is 0 Å². The Morgan fingerprint density at radius 2 is 1.76 bits per heavy atom. The molecule has 2 aromatic carbocycles. The van der Waals surface area contributed by atoms with Crippen LogP contribution in [-0.2, 0) is 0 Å². The zero-order chi connectivity index (χ0) is 15.2. The maximum absolute atomic E-state index is 5.80. The van der Waals surface area contributed by atoms with Gasteiger partial charge in [-0.2, -0.15) is 0 Å².